The molecule has 0 aliphatic carbocycles. The van der Waals surface area contributed by atoms with Gasteiger partial charge in [-0.1, -0.05) is 26.0 Å². The smallest absolute Gasteiger partial charge is 0.119 e. The van der Waals surface area contributed by atoms with Crippen molar-refractivity contribution in [3.05, 3.63) is 29.8 Å². The lowest BCUT2D eigenvalue weighted by Crippen LogP contribution is -2.15. The Morgan fingerprint density at radius 3 is 3.00 bits per heavy atom. The predicted octanol–water partition coefficient (Wildman–Crippen LogP) is 2.80. The van der Waals surface area contributed by atoms with E-state index in [1.807, 2.05) is 6.07 Å². The zero-order valence-electron chi connectivity index (χ0n) is 10.2. The van der Waals surface area contributed by atoms with Crippen LogP contribution >= 0.6 is 0 Å². The zero-order chi connectivity index (χ0) is 11.4. The molecular weight excluding hydrogens is 198 g/mol. The summed E-state index contributed by atoms with van der Waals surface area (Å²) in [6.45, 7) is 7.50. The van der Waals surface area contributed by atoms with Crippen molar-refractivity contribution in [1.29, 1.82) is 0 Å². The summed E-state index contributed by atoms with van der Waals surface area (Å²) in [6, 6.07) is 8.45. The van der Waals surface area contributed by atoms with E-state index < -0.39 is 0 Å². The third-order valence-electron chi connectivity index (χ3n) is 3.17. The van der Waals surface area contributed by atoms with Crippen molar-refractivity contribution in [2.24, 2.45) is 5.92 Å². The van der Waals surface area contributed by atoms with Crippen LogP contribution in [0.15, 0.2) is 24.3 Å². The van der Waals surface area contributed by atoms with Crippen LogP contribution in [0.2, 0.25) is 0 Å². The molecule has 1 heterocycles. The number of hydrogen-bond donors (Lipinski definition) is 1. The van der Waals surface area contributed by atoms with E-state index in [-0.39, 0.29) is 0 Å². The van der Waals surface area contributed by atoms with Gasteiger partial charge in [0.15, 0.2) is 0 Å². The lowest BCUT2D eigenvalue weighted by molar-refractivity contribution is 0.260. The first-order valence-electron chi connectivity index (χ1n) is 6.19. The maximum Gasteiger partial charge on any atom is 0.119 e. The molecule has 2 rings (SSSR count). The van der Waals surface area contributed by atoms with Crippen molar-refractivity contribution in [1.82, 2.24) is 5.32 Å². The maximum atomic E-state index is 5.84. The van der Waals surface area contributed by atoms with Gasteiger partial charge in [-0.05, 0) is 36.6 Å². The lowest BCUT2D eigenvalue weighted by atomic mass is 10.0. The molecule has 1 atom stereocenters. The molecule has 2 nitrogen and oxygen atoms in total. The van der Waals surface area contributed by atoms with Crippen molar-refractivity contribution in [3.8, 4) is 5.75 Å². The Labute approximate surface area is 98.0 Å². The van der Waals surface area contributed by atoms with Crippen molar-refractivity contribution >= 4 is 0 Å². The highest BCUT2D eigenvalue weighted by molar-refractivity contribution is 5.30. The Kier molecular flexibility index (Phi) is 3.83. The molecule has 1 aliphatic heterocycles. The van der Waals surface area contributed by atoms with Crippen LogP contribution in [0.25, 0.3) is 0 Å². The van der Waals surface area contributed by atoms with E-state index in [4.69, 9.17) is 4.74 Å². The van der Waals surface area contributed by atoms with E-state index in [0.29, 0.717) is 11.8 Å². The van der Waals surface area contributed by atoms with Crippen LogP contribution in [0, 0.1) is 5.92 Å². The topological polar surface area (TPSA) is 21.3 Å². The number of ether oxygens (including phenoxy) is 1. The van der Waals surface area contributed by atoms with Crippen LogP contribution in [-0.4, -0.2) is 19.7 Å². The molecule has 2 heteroatoms. The summed E-state index contributed by atoms with van der Waals surface area (Å²) in [4.78, 5) is 0. The van der Waals surface area contributed by atoms with Crippen molar-refractivity contribution in [2.75, 3.05) is 19.7 Å². The second kappa shape index (κ2) is 5.35. The third-order valence-corrected chi connectivity index (χ3v) is 3.17. The molecule has 0 aromatic heterocycles. The third kappa shape index (κ3) is 2.99. The largest absolute Gasteiger partial charge is 0.493 e. The fourth-order valence-electron chi connectivity index (χ4n) is 2.03. The Morgan fingerprint density at radius 2 is 2.31 bits per heavy atom. The van der Waals surface area contributed by atoms with Gasteiger partial charge in [0.2, 0.25) is 0 Å². The van der Waals surface area contributed by atoms with E-state index >= 15 is 0 Å². The second-order valence-corrected chi connectivity index (χ2v) is 4.90. The minimum atomic E-state index is 0.566. The van der Waals surface area contributed by atoms with Gasteiger partial charge in [0.1, 0.15) is 5.75 Å². The summed E-state index contributed by atoms with van der Waals surface area (Å²) in [6.07, 6.45) is 1.24. The molecule has 0 bridgehead atoms. The molecular formula is C14H21NO. The fourth-order valence-corrected chi connectivity index (χ4v) is 2.03. The van der Waals surface area contributed by atoms with Gasteiger partial charge in [0, 0.05) is 12.5 Å². The molecule has 1 fully saturated rings. The van der Waals surface area contributed by atoms with Crippen molar-refractivity contribution in [2.45, 2.75) is 26.2 Å². The Hall–Kier alpha value is -1.02. The average molecular weight is 219 g/mol. The second-order valence-electron chi connectivity index (χ2n) is 4.90. The van der Waals surface area contributed by atoms with Gasteiger partial charge in [-0.15, -0.1) is 0 Å². The summed E-state index contributed by atoms with van der Waals surface area (Å²) in [7, 11) is 0. The van der Waals surface area contributed by atoms with E-state index in [9.17, 15) is 0 Å². The maximum absolute atomic E-state index is 5.84. The van der Waals surface area contributed by atoms with Gasteiger partial charge >= 0.3 is 0 Å². The molecule has 0 saturated carbocycles. The van der Waals surface area contributed by atoms with Crippen LogP contribution < -0.4 is 10.1 Å². The molecule has 0 amide bonds. The van der Waals surface area contributed by atoms with Gasteiger partial charge in [-0.3, -0.25) is 0 Å². The monoisotopic (exact) mass is 219 g/mol. The minimum absolute atomic E-state index is 0.566. The minimum Gasteiger partial charge on any atom is -0.493 e. The van der Waals surface area contributed by atoms with Gasteiger partial charge in [0.25, 0.3) is 0 Å². The molecule has 0 unspecified atom stereocenters. The summed E-state index contributed by atoms with van der Waals surface area (Å²) in [5, 5.41) is 3.36. The highest BCUT2D eigenvalue weighted by Gasteiger charge is 2.14. The van der Waals surface area contributed by atoms with Gasteiger partial charge in [-0.2, -0.15) is 0 Å². The first-order valence-corrected chi connectivity index (χ1v) is 6.19. The zero-order valence-corrected chi connectivity index (χ0v) is 10.2. The molecule has 16 heavy (non-hydrogen) atoms. The molecule has 0 spiro atoms. The van der Waals surface area contributed by atoms with Crippen LogP contribution in [0.4, 0.5) is 0 Å². The summed E-state index contributed by atoms with van der Waals surface area (Å²) >= 11 is 0. The first-order chi connectivity index (χ1) is 7.75. The average Bonchev–Trinajstić information content (AvgIpc) is 2.79. The van der Waals surface area contributed by atoms with Crippen molar-refractivity contribution in [3.63, 3.8) is 0 Å². The number of rotatable bonds is 4. The summed E-state index contributed by atoms with van der Waals surface area (Å²) in [5.41, 5.74) is 1.35. The predicted molar refractivity (Wildman–Crippen MR) is 67.0 cm³/mol. The standard InChI is InChI=1S/C14H21NO/c1-11(2)13-4-3-5-14(8-13)16-10-12-6-7-15-9-12/h3-5,8,11-12,15H,6-7,9-10H2,1-2H3/t12-/m0/s1. The lowest BCUT2D eigenvalue weighted by Gasteiger charge is -2.12. The SMILES string of the molecule is CC(C)c1cccc(OC[C@H]2CCNC2)c1. The highest BCUT2D eigenvalue weighted by Crippen LogP contribution is 2.21. The number of nitrogens with one attached hydrogen (secondary N) is 1. The molecule has 1 saturated heterocycles. The van der Waals surface area contributed by atoms with Gasteiger partial charge < -0.3 is 10.1 Å². The number of hydrogen-bond acceptors (Lipinski definition) is 2. The molecule has 88 valence electrons. The fraction of sp³-hybridized carbons (Fsp3) is 0.571. The first kappa shape index (κ1) is 11.5. The van der Waals surface area contributed by atoms with Gasteiger partial charge in [0.05, 0.1) is 6.61 Å². The van der Waals surface area contributed by atoms with Crippen molar-refractivity contribution < 1.29 is 4.74 Å². The Balaban J connectivity index is 1.90. The van der Waals surface area contributed by atoms with E-state index in [0.717, 1.165) is 25.4 Å². The Bertz CT molecular complexity index is 329. The van der Waals surface area contributed by atoms with Gasteiger partial charge in [-0.25, -0.2) is 0 Å². The normalized spacial score (nSPS) is 20.3. The Morgan fingerprint density at radius 1 is 1.44 bits per heavy atom. The van der Waals surface area contributed by atoms with E-state index in [1.165, 1.54) is 12.0 Å². The van der Waals surface area contributed by atoms with E-state index in [1.54, 1.807) is 0 Å². The van der Waals surface area contributed by atoms with E-state index in [2.05, 4.69) is 37.4 Å². The molecule has 0 radical (unpaired) electrons. The molecule has 1 aromatic carbocycles. The van der Waals surface area contributed by atoms with Crippen LogP contribution in [0.5, 0.6) is 5.75 Å². The summed E-state index contributed by atoms with van der Waals surface area (Å²) < 4.78 is 5.84. The molecule has 1 aromatic rings. The van der Waals surface area contributed by atoms with Crippen LogP contribution in [-0.2, 0) is 0 Å². The quantitative estimate of drug-likeness (QED) is 0.840. The van der Waals surface area contributed by atoms with Crippen LogP contribution in [0.3, 0.4) is 0 Å². The summed E-state index contributed by atoms with van der Waals surface area (Å²) in [5.74, 6) is 2.26. The van der Waals surface area contributed by atoms with Crippen LogP contribution in [0.1, 0.15) is 31.7 Å². The molecule has 1 N–H and O–H groups in total. The number of benzene rings is 1. The highest BCUT2D eigenvalue weighted by atomic mass is 16.5. The molecule has 1 aliphatic rings.